The van der Waals surface area contributed by atoms with E-state index >= 15 is 0 Å². The molecule has 1 amide bonds. The molecular weight excluding hydrogens is 354 g/mol. The smallest absolute Gasteiger partial charge is 0.303 e. The summed E-state index contributed by atoms with van der Waals surface area (Å²) in [6, 6.07) is 8.09. The van der Waals surface area contributed by atoms with Crippen LogP contribution < -0.4 is 0 Å². The van der Waals surface area contributed by atoms with Gasteiger partial charge in [0.05, 0.1) is 11.4 Å². The summed E-state index contributed by atoms with van der Waals surface area (Å²) in [5.41, 5.74) is 4.32. The van der Waals surface area contributed by atoms with Gasteiger partial charge in [-0.1, -0.05) is 0 Å². The van der Waals surface area contributed by atoms with Gasteiger partial charge >= 0.3 is 5.97 Å². The van der Waals surface area contributed by atoms with E-state index in [2.05, 4.69) is 18.9 Å². The number of aliphatic carboxylic acids is 1. The van der Waals surface area contributed by atoms with Gasteiger partial charge in [-0.3, -0.25) is 9.59 Å². The van der Waals surface area contributed by atoms with E-state index in [1.165, 1.54) is 6.42 Å². The lowest BCUT2D eigenvalue weighted by molar-refractivity contribution is -0.136. The van der Waals surface area contributed by atoms with E-state index in [9.17, 15) is 9.59 Å². The second kappa shape index (κ2) is 8.17. The summed E-state index contributed by atoms with van der Waals surface area (Å²) < 4.78 is 1.83. The molecular formula is C22H29N3O3. The Bertz CT molecular complexity index is 864. The second-order valence-electron chi connectivity index (χ2n) is 7.89. The van der Waals surface area contributed by atoms with Crippen LogP contribution in [0.2, 0.25) is 0 Å². The standard InChI is InChI=1S/C22H29N3O3/c1-14(2)24(18-6-5-7-18)22(28)17-8-10-19(11-9-17)25-16(4)20(15(3)23-25)12-13-21(26)27/h8-11,14,18H,5-7,12-13H2,1-4H3,(H,26,27). The van der Waals surface area contributed by atoms with Crippen molar-refractivity contribution in [3.05, 3.63) is 46.8 Å². The fraction of sp³-hybridized carbons (Fsp3) is 0.500. The average Bonchev–Trinajstić information content (AvgIpc) is 2.89. The largest absolute Gasteiger partial charge is 0.481 e. The van der Waals surface area contributed by atoms with Crippen molar-refractivity contribution < 1.29 is 14.7 Å². The van der Waals surface area contributed by atoms with Crippen LogP contribution >= 0.6 is 0 Å². The summed E-state index contributed by atoms with van der Waals surface area (Å²) in [7, 11) is 0. The van der Waals surface area contributed by atoms with Gasteiger partial charge in [0.2, 0.25) is 0 Å². The fourth-order valence-corrected chi connectivity index (χ4v) is 3.90. The minimum atomic E-state index is -0.810. The zero-order valence-electron chi connectivity index (χ0n) is 17.1. The Morgan fingerprint density at radius 1 is 1.21 bits per heavy atom. The van der Waals surface area contributed by atoms with E-state index in [1.54, 1.807) is 0 Å². The average molecular weight is 383 g/mol. The molecule has 6 nitrogen and oxygen atoms in total. The molecule has 1 fully saturated rings. The molecule has 1 N–H and O–H groups in total. The van der Waals surface area contributed by atoms with Crippen molar-refractivity contribution in [3.63, 3.8) is 0 Å². The highest BCUT2D eigenvalue weighted by Crippen LogP contribution is 2.28. The van der Waals surface area contributed by atoms with Crippen molar-refractivity contribution >= 4 is 11.9 Å². The van der Waals surface area contributed by atoms with E-state index < -0.39 is 5.97 Å². The van der Waals surface area contributed by atoms with Crippen LogP contribution in [0.4, 0.5) is 0 Å². The summed E-state index contributed by atoms with van der Waals surface area (Å²) in [5.74, 6) is -0.725. The highest BCUT2D eigenvalue weighted by Gasteiger charge is 2.31. The number of carboxylic acids is 1. The molecule has 0 bridgehead atoms. The van der Waals surface area contributed by atoms with Crippen molar-refractivity contribution in [3.8, 4) is 5.69 Å². The topological polar surface area (TPSA) is 75.4 Å². The van der Waals surface area contributed by atoms with Crippen molar-refractivity contribution in [2.75, 3.05) is 0 Å². The molecule has 150 valence electrons. The van der Waals surface area contributed by atoms with E-state index in [0.717, 1.165) is 35.5 Å². The van der Waals surface area contributed by atoms with E-state index in [1.807, 2.05) is 47.7 Å². The molecule has 28 heavy (non-hydrogen) atoms. The van der Waals surface area contributed by atoms with Crippen LogP contribution in [0.5, 0.6) is 0 Å². The minimum absolute atomic E-state index is 0.0850. The molecule has 6 heteroatoms. The number of aromatic nitrogens is 2. The van der Waals surface area contributed by atoms with E-state index in [0.29, 0.717) is 18.0 Å². The molecule has 1 saturated carbocycles. The highest BCUT2D eigenvalue weighted by atomic mass is 16.4. The van der Waals surface area contributed by atoms with Crippen LogP contribution in [0.1, 0.15) is 66.8 Å². The first kappa shape index (κ1) is 20.1. The van der Waals surface area contributed by atoms with E-state index in [4.69, 9.17) is 5.11 Å². The molecule has 1 heterocycles. The second-order valence-corrected chi connectivity index (χ2v) is 7.89. The van der Waals surface area contributed by atoms with Crippen molar-refractivity contribution in [2.24, 2.45) is 0 Å². The normalized spacial score (nSPS) is 14.2. The number of rotatable bonds is 7. The lowest BCUT2D eigenvalue weighted by Crippen LogP contribution is -2.48. The maximum Gasteiger partial charge on any atom is 0.303 e. The third-order valence-corrected chi connectivity index (χ3v) is 5.65. The molecule has 1 aromatic heterocycles. The zero-order chi connectivity index (χ0) is 20.4. The number of hydrogen-bond acceptors (Lipinski definition) is 3. The number of benzene rings is 1. The lowest BCUT2D eigenvalue weighted by atomic mass is 9.90. The number of amides is 1. The zero-order valence-corrected chi connectivity index (χ0v) is 17.1. The number of hydrogen-bond donors (Lipinski definition) is 1. The molecule has 0 saturated heterocycles. The van der Waals surface area contributed by atoms with Crippen LogP contribution in [0.3, 0.4) is 0 Å². The summed E-state index contributed by atoms with van der Waals surface area (Å²) >= 11 is 0. The van der Waals surface area contributed by atoms with Gasteiger partial charge in [-0.25, -0.2) is 4.68 Å². The van der Waals surface area contributed by atoms with Gasteiger partial charge < -0.3 is 10.0 Å². The summed E-state index contributed by atoms with van der Waals surface area (Å²) in [5, 5.41) is 13.5. The third kappa shape index (κ3) is 3.96. The SMILES string of the molecule is Cc1nn(-c2ccc(C(=O)N(C(C)C)C3CCC3)cc2)c(C)c1CCC(=O)O. The molecule has 0 spiro atoms. The number of carbonyl (C=O) groups is 2. The van der Waals surface area contributed by atoms with E-state index in [-0.39, 0.29) is 18.4 Å². The van der Waals surface area contributed by atoms with Gasteiger partial charge in [-0.2, -0.15) is 5.10 Å². The molecule has 0 aliphatic heterocycles. The Morgan fingerprint density at radius 3 is 2.36 bits per heavy atom. The van der Waals surface area contributed by atoms with Crippen LogP contribution in [0, 0.1) is 13.8 Å². The highest BCUT2D eigenvalue weighted by molar-refractivity contribution is 5.94. The molecule has 2 aromatic rings. The Balaban J connectivity index is 1.82. The molecule has 3 rings (SSSR count). The molecule has 0 radical (unpaired) electrons. The fourth-order valence-electron chi connectivity index (χ4n) is 3.90. The number of aryl methyl sites for hydroxylation is 1. The molecule has 0 unspecified atom stereocenters. The van der Waals surface area contributed by atoms with Crippen molar-refractivity contribution in [1.29, 1.82) is 0 Å². The van der Waals surface area contributed by atoms with Gasteiger partial charge in [0, 0.05) is 29.8 Å². The maximum absolute atomic E-state index is 13.0. The lowest BCUT2D eigenvalue weighted by Gasteiger charge is -2.40. The van der Waals surface area contributed by atoms with Crippen LogP contribution in [-0.4, -0.2) is 43.7 Å². The molecule has 1 aromatic carbocycles. The summed E-state index contributed by atoms with van der Waals surface area (Å²) in [4.78, 5) is 25.9. The first-order valence-corrected chi connectivity index (χ1v) is 9.99. The minimum Gasteiger partial charge on any atom is -0.481 e. The number of carboxylic acid groups (broad SMARTS) is 1. The van der Waals surface area contributed by atoms with Gasteiger partial charge in [-0.05, 0) is 83.2 Å². The van der Waals surface area contributed by atoms with Crippen LogP contribution in [0.15, 0.2) is 24.3 Å². The predicted octanol–water partition coefficient (Wildman–Crippen LogP) is 3.91. The van der Waals surface area contributed by atoms with Crippen molar-refractivity contribution in [2.45, 2.75) is 71.9 Å². The summed E-state index contributed by atoms with van der Waals surface area (Å²) in [6.07, 6.45) is 3.93. The molecule has 1 aliphatic carbocycles. The van der Waals surface area contributed by atoms with Gasteiger partial charge in [0.1, 0.15) is 0 Å². The van der Waals surface area contributed by atoms with Crippen LogP contribution in [-0.2, 0) is 11.2 Å². The maximum atomic E-state index is 13.0. The Kier molecular flexibility index (Phi) is 5.87. The Labute approximate surface area is 166 Å². The first-order chi connectivity index (χ1) is 13.3. The Hall–Kier alpha value is -2.63. The number of carbonyl (C=O) groups excluding carboxylic acids is 1. The number of nitrogens with zero attached hydrogens (tertiary/aromatic N) is 3. The predicted molar refractivity (Wildman–Crippen MR) is 108 cm³/mol. The third-order valence-electron chi connectivity index (χ3n) is 5.65. The Morgan fingerprint density at radius 2 is 1.86 bits per heavy atom. The first-order valence-electron chi connectivity index (χ1n) is 9.99. The quantitative estimate of drug-likeness (QED) is 0.786. The van der Waals surface area contributed by atoms with Gasteiger partial charge in [0.15, 0.2) is 0 Å². The van der Waals surface area contributed by atoms with Gasteiger partial charge in [0.25, 0.3) is 5.91 Å². The van der Waals surface area contributed by atoms with Crippen LogP contribution in [0.25, 0.3) is 5.69 Å². The monoisotopic (exact) mass is 383 g/mol. The summed E-state index contributed by atoms with van der Waals surface area (Å²) in [6.45, 7) is 7.99. The molecule has 0 atom stereocenters. The molecule has 1 aliphatic rings. The van der Waals surface area contributed by atoms with Gasteiger partial charge in [-0.15, -0.1) is 0 Å². The van der Waals surface area contributed by atoms with Crippen molar-refractivity contribution in [1.82, 2.24) is 14.7 Å².